The summed E-state index contributed by atoms with van der Waals surface area (Å²) in [6, 6.07) is 14.4. The molecule has 7 rings (SSSR count). The molecule has 3 aromatic rings. The molecule has 0 saturated carbocycles. The normalized spacial score (nSPS) is 20.5. The summed E-state index contributed by atoms with van der Waals surface area (Å²) in [5.41, 5.74) is -2.77. The van der Waals surface area contributed by atoms with Gasteiger partial charge in [-0.15, -0.1) is 0 Å². The van der Waals surface area contributed by atoms with Crippen molar-refractivity contribution in [3.05, 3.63) is 82.9 Å². The number of nitrogens with one attached hydrogen (secondary N) is 2. The zero-order valence-corrected chi connectivity index (χ0v) is 32.6. The number of nitriles is 1. The predicted octanol–water partition coefficient (Wildman–Crippen LogP) is 2.93. The van der Waals surface area contributed by atoms with Gasteiger partial charge < -0.3 is 20.2 Å². The van der Waals surface area contributed by atoms with E-state index in [-0.39, 0.29) is 34.6 Å². The van der Waals surface area contributed by atoms with Crippen LogP contribution in [0.2, 0.25) is 0 Å². The molecule has 0 radical (unpaired) electrons. The highest BCUT2D eigenvalue weighted by molar-refractivity contribution is 7.91. The lowest BCUT2D eigenvalue weighted by Crippen LogP contribution is -2.54. The summed E-state index contributed by atoms with van der Waals surface area (Å²) in [4.78, 5) is 70.8. The van der Waals surface area contributed by atoms with Crippen molar-refractivity contribution in [2.24, 2.45) is 0 Å². The van der Waals surface area contributed by atoms with E-state index in [2.05, 4.69) is 25.3 Å². The molecule has 3 fully saturated rings. The molecule has 2 atom stereocenters. The van der Waals surface area contributed by atoms with Crippen LogP contribution in [0.4, 0.5) is 30.2 Å². The van der Waals surface area contributed by atoms with Crippen LogP contribution in [0.3, 0.4) is 0 Å². The fraction of sp³-hybridized carbons (Fsp3) is 0.400. The van der Waals surface area contributed by atoms with Crippen LogP contribution in [0.1, 0.15) is 64.4 Å². The molecule has 0 aromatic heterocycles. The smallest absolute Gasteiger partial charge is 0.379 e. The molecule has 5 amide bonds. The lowest BCUT2D eigenvalue weighted by Gasteiger charge is -2.44. The summed E-state index contributed by atoms with van der Waals surface area (Å²) in [7, 11) is -4.24. The average Bonchev–Trinajstić information content (AvgIpc) is 3.45. The summed E-state index contributed by atoms with van der Waals surface area (Å²) in [5.74, 6) is -4.46. The number of sulfone groups is 1. The quantitative estimate of drug-likeness (QED) is 0.267. The highest BCUT2D eigenvalue weighted by Gasteiger charge is 2.45. The van der Waals surface area contributed by atoms with E-state index in [1.165, 1.54) is 18.2 Å². The van der Waals surface area contributed by atoms with E-state index in [0.717, 1.165) is 74.4 Å². The fourth-order valence-electron chi connectivity index (χ4n) is 8.09. The number of imide groups is 2. The predicted molar refractivity (Wildman–Crippen MR) is 206 cm³/mol. The Balaban J connectivity index is 0.899. The minimum atomic E-state index is -4.88. The molecule has 0 bridgehead atoms. The van der Waals surface area contributed by atoms with E-state index < -0.39 is 74.1 Å². The first-order chi connectivity index (χ1) is 27.9. The van der Waals surface area contributed by atoms with Gasteiger partial charge in [0.2, 0.25) is 11.8 Å². The van der Waals surface area contributed by atoms with Gasteiger partial charge in [0.25, 0.3) is 17.7 Å². The number of benzene rings is 3. The molecule has 2 unspecified atom stereocenters. The third kappa shape index (κ3) is 8.38. The molecular weight excluding hydrogens is 796 g/mol. The Hall–Kier alpha value is -5.84. The summed E-state index contributed by atoms with van der Waals surface area (Å²) < 4.78 is 66.7. The number of piperidine rings is 2. The van der Waals surface area contributed by atoms with Gasteiger partial charge >= 0.3 is 6.18 Å². The maximum absolute atomic E-state index is 13.4. The van der Waals surface area contributed by atoms with E-state index in [4.69, 9.17) is 5.26 Å². The monoisotopic (exact) mass is 835 g/mol. The number of carbonyl (C=O) groups excluding carboxylic acids is 5. The second kappa shape index (κ2) is 15.7. The van der Waals surface area contributed by atoms with Crippen molar-refractivity contribution < 1.29 is 50.7 Å². The van der Waals surface area contributed by atoms with Crippen molar-refractivity contribution in [2.45, 2.75) is 61.4 Å². The molecule has 4 heterocycles. The first kappa shape index (κ1) is 41.3. The second-order valence-electron chi connectivity index (χ2n) is 15.3. The number of piperazine rings is 1. The number of aliphatic hydroxyl groups is 1. The van der Waals surface area contributed by atoms with Gasteiger partial charge in [-0.3, -0.25) is 39.1 Å². The average molecular weight is 836 g/mol. The van der Waals surface area contributed by atoms with Crippen LogP contribution < -0.4 is 20.4 Å². The number of fused-ring (bicyclic) bond motifs is 1. The summed E-state index contributed by atoms with van der Waals surface area (Å²) in [6.45, 7) is 5.28. The van der Waals surface area contributed by atoms with Gasteiger partial charge in [-0.25, -0.2) is 8.42 Å². The maximum atomic E-state index is 13.4. The third-order valence-corrected chi connectivity index (χ3v) is 13.2. The van der Waals surface area contributed by atoms with Crippen LogP contribution in [0.25, 0.3) is 0 Å². The van der Waals surface area contributed by atoms with Gasteiger partial charge in [0.15, 0.2) is 15.4 Å². The first-order valence-electron chi connectivity index (χ1n) is 18.9. The van der Waals surface area contributed by atoms with Crippen molar-refractivity contribution in [2.75, 3.05) is 60.1 Å². The molecule has 59 heavy (non-hydrogen) atoms. The van der Waals surface area contributed by atoms with Gasteiger partial charge in [-0.2, -0.15) is 18.4 Å². The number of carbonyl (C=O) groups is 5. The minimum absolute atomic E-state index is 0.0471. The molecule has 3 saturated heterocycles. The number of rotatable bonds is 9. The SMILES string of the molecule is CC(O)(CS(=O)(=O)c1ccc(N2CCN(C3CCN(c4ccc5c(c4)C(=O)N(C4CCC(=O)NC4=O)C5=O)CC3)CC2)cc1)C(=O)Nc1ccc(C#N)c(C(F)(F)F)c1. The molecule has 3 N–H and O–H groups in total. The zero-order chi connectivity index (χ0) is 42.4. The molecule has 3 aromatic carbocycles. The Bertz CT molecular complexity index is 2370. The number of hydrogen-bond donors (Lipinski definition) is 3. The Morgan fingerprint density at radius 2 is 1.49 bits per heavy atom. The lowest BCUT2D eigenvalue weighted by molar-refractivity contribution is -0.138. The van der Waals surface area contributed by atoms with Crippen molar-refractivity contribution >= 4 is 56.4 Å². The Morgan fingerprint density at radius 3 is 2.12 bits per heavy atom. The van der Waals surface area contributed by atoms with Gasteiger partial charge in [0.05, 0.1) is 39.0 Å². The molecular formula is C40H40F3N7O8S. The van der Waals surface area contributed by atoms with Crippen LogP contribution in [-0.4, -0.2) is 116 Å². The van der Waals surface area contributed by atoms with Gasteiger partial charge in [-0.1, -0.05) is 0 Å². The standard InChI is InChI=1S/C40H40F3N7O8S/c1-39(56,38(55)45-25-3-2-24(22-44)32(20-25)40(41,42)43)23-59(57,58)29-7-4-26(5-8-29)48-16-18-49(19-17-48)27-12-14-47(15-13-27)28-6-9-30-31(21-28)37(54)50(36(30)53)33-10-11-34(51)46-35(33)52/h2-9,20-21,27,33,56H,10-19,23H2,1H3,(H,45,55)(H,46,51,52). The molecule has 0 aliphatic carbocycles. The van der Waals surface area contributed by atoms with Gasteiger partial charge in [0.1, 0.15) is 6.04 Å². The maximum Gasteiger partial charge on any atom is 0.417 e. The minimum Gasteiger partial charge on any atom is -0.379 e. The number of amides is 5. The van der Waals surface area contributed by atoms with Crippen LogP contribution in [-0.2, 0) is 30.4 Å². The Morgan fingerprint density at radius 1 is 0.864 bits per heavy atom. The van der Waals surface area contributed by atoms with E-state index in [1.807, 2.05) is 6.07 Å². The van der Waals surface area contributed by atoms with Crippen LogP contribution in [0.15, 0.2) is 65.6 Å². The number of anilines is 3. The number of hydrogen-bond acceptors (Lipinski definition) is 12. The van der Waals surface area contributed by atoms with Crippen LogP contribution in [0, 0.1) is 11.3 Å². The van der Waals surface area contributed by atoms with E-state index in [1.54, 1.807) is 24.3 Å². The molecule has 0 spiro atoms. The van der Waals surface area contributed by atoms with E-state index in [0.29, 0.717) is 25.2 Å². The summed E-state index contributed by atoms with van der Waals surface area (Å²) in [6.07, 6.45) is -3.02. The van der Waals surface area contributed by atoms with E-state index >= 15 is 0 Å². The van der Waals surface area contributed by atoms with Crippen molar-refractivity contribution in [3.8, 4) is 6.07 Å². The highest BCUT2D eigenvalue weighted by Crippen LogP contribution is 2.35. The van der Waals surface area contributed by atoms with Crippen LogP contribution >= 0.6 is 0 Å². The number of alkyl halides is 3. The van der Waals surface area contributed by atoms with E-state index in [9.17, 15) is 50.7 Å². The topological polar surface area (TPSA) is 201 Å². The van der Waals surface area contributed by atoms with Crippen molar-refractivity contribution in [1.29, 1.82) is 5.26 Å². The summed E-state index contributed by atoms with van der Waals surface area (Å²) >= 11 is 0. The molecule has 15 nitrogen and oxygen atoms in total. The zero-order valence-electron chi connectivity index (χ0n) is 31.8. The lowest BCUT2D eigenvalue weighted by atomic mass is 10.0. The Kier molecular flexibility index (Phi) is 11.0. The second-order valence-corrected chi connectivity index (χ2v) is 17.3. The largest absolute Gasteiger partial charge is 0.417 e. The highest BCUT2D eigenvalue weighted by atomic mass is 32.2. The van der Waals surface area contributed by atoms with Crippen molar-refractivity contribution in [3.63, 3.8) is 0 Å². The molecule has 310 valence electrons. The first-order valence-corrected chi connectivity index (χ1v) is 20.6. The fourth-order valence-corrected chi connectivity index (χ4v) is 9.68. The number of nitrogens with zero attached hydrogens (tertiary/aromatic N) is 5. The van der Waals surface area contributed by atoms with Crippen molar-refractivity contribution in [1.82, 2.24) is 15.1 Å². The molecule has 4 aliphatic heterocycles. The Labute approximate surface area is 337 Å². The number of halogens is 3. The van der Waals surface area contributed by atoms with Gasteiger partial charge in [-0.05, 0) is 86.8 Å². The third-order valence-electron chi connectivity index (χ3n) is 11.3. The molecule has 4 aliphatic rings. The summed E-state index contributed by atoms with van der Waals surface area (Å²) in [5, 5.41) is 24.1. The molecule has 19 heteroatoms. The van der Waals surface area contributed by atoms with Gasteiger partial charge in [0, 0.05) is 68.8 Å². The van der Waals surface area contributed by atoms with Crippen LogP contribution in [0.5, 0.6) is 0 Å².